The van der Waals surface area contributed by atoms with Crippen LogP contribution in [0, 0.1) is 0 Å². The Morgan fingerprint density at radius 2 is 1.83 bits per heavy atom. The molecule has 0 radical (unpaired) electrons. The summed E-state index contributed by atoms with van der Waals surface area (Å²) in [6.07, 6.45) is 3.84. The van der Waals surface area contributed by atoms with Gasteiger partial charge in [-0.15, -0.1) is 0 Å². The number of carbonyl (C=O) groups is 2. The molecule has 0 aliphatic carbocycles. The number of nitrogens with zero attached hydrogens (tertiary/aromatic N) is 3. The van der Waals surface area contributed by atoms with Gasteiger partial charge >= 0.3 is 0 Å². The van der Waals surface area contributed by atoms with E-state index in [0.29, 0.717) is 18.6 Å². The van der Waals surface area contributed by atoms with Crippen LogP contribution in [0.1, 0.15) is 62.9 Å². The summed E-state index contributed by atoms with van der Waals surface area (Å²) in [6, 6.07) is 10.2. The van der Waals surface area contributed by atoms with E-state index in [0.717, 1.165) is 43.1 Å². The molecule has 2 fully saturated rings. The topological polar surface area (TPSA) is 83.9 Å². The van der Waals surface area contributed by atoms with Crippen molar-refractivity contribution in [2.24, 2.45) is 0 Å². The van der Waals surface area contributed by atoms with Crippen molar-refractivity contribution in [3.05, 3.63) is 46.2 Å². The smallest absolute Gasteiger partial charge is 0.264 e. The van der Waals surface area contributed by atoms with Crippen molar-refractivity contribution in [3.63, 3.8) is 0 Å². The minimum absolute atomic E-state index is 0.0293. The summed E-state index contributed by atoms with van der Waals surface area (Å²) in [5.41, 5.74) is 0.812. The molecule has 2 unspecified atom stereocenters. The highest BCUT2D eigenvalue weighted by atomic mass is 16.5. The number of fused-ring (bicyclic) bond motifs is 3. The number of aromatic nitrogens is 1. The maximum atomic E-state index is 13.3. The molecule has 0 spiro atoms. The molecule has 35 heavy (non-hydrogen) atoms. The minimum Gasteiger partial charge on any atom is -0.378 e. The van der Waals surface area contributed by atoms with E-state index in [1.807, 2.05) is 38.1 Å². The summed E-state index contributed by atoms with van der Waals surface area (Å²) >= 11 is 0. The Morgan fingerprint density at radius 1 is 1.17 bits per heavy atom. The Morgan fingerprint density at radius 3 is 2.43 bits per heavy atom. The summed E-state index contributed by atoms with van der Waals surface area (Å²) in [7, 11) is 3.49. The zero-order valence-electron chi connectivity index (χ0n) is 21.5. The quantitative estimate of drug-likeness (QED) is 0.626. The molecule has 4 rings (SSSR count). The highest BCUT2D eigenvalue weighted by molar-refractivity contribution is 5.97. The normalized spacial score (nSPS) is 23.0. The molecule has 1 N–H and O–H groups in total. The van der Waals surface area contributed by atoms with Gasteiger partial charge in [-0.1, -0.05) is 18.2 Å². The van der Waals surface area contributed by atoms with Gasteiger partial charge < -0.3 is 19.5 Å². The first-order valence-electron chi connectivity index (χ1n) is 12.6. The van der Waals surface area contributed by atoms with Crippen molar-refractivity contribution in [2.75, 3.05) is 27.2 Å². The standard InChI is InChI=1S/C27H38N4O4/c1-17(2)31-25-9-7-6-8-19(25)12-24(27(31)34)26(33)28-20-13-21-10-11-22(14-20)30(21)16-23(35-5)15-29(4)18(3)32/h6-9,12,17,20-23H,10-11,13-16H2,1-5H3,(H,28,33)/t20?,21-,22+,23?. The van der Waals surface area contributed by atoms with E-state index < -0.39 is 0 Å². The maximum Gasteiger partial charge on any atom is 0.264 e. The fraction of sp³-hybridized carbons (Fsp3) is 0.593. The lowest BCUT2D eigenvalue weighted by Gasteiger charge is -2.41. The third kappa shape index (κ3) is 5.28. The molecule has 1 aromatic heterocycles. The van der Waals surface area contributed by atoms with Crippen molar-refractivity contribution in [2.45, 2.75) is 76.7 Å². The number of piperidine rings is 1. The summed E-state index contributed by atoms with van der Waals surface area (Å²) in [4.78, 5) is 42.3. The fourth-order valence-corrected chi connectivity index (χ4v) is 5.79. The van der Waals surface area contributed by atoms with Gasteiger partial charge in [-0.25, -0.2) is 0 Å². The number of ether oxygens (including phenoxy) is 1. The van der Waals surface area contributed by atoms with Gasteiger partial charge in [0.15, 0.2) is 0 Å². The van der Waals surface area contributed by atoms with Gasteiger partial charge in [-0.2, -0.15) is 0 Å². The van der Waals surface area contributed by atoms with Crippen molar-refractivity contribution in [1.29, 1.82) is 0 Å². The lowest BCUT2D eigenvalue weighted by molar-refractivity contribution is -0.129. The largest absolute Gasteiger partial charge is 0.378 e. The number of hydrogen-bond donors (Lipinski definition) is 1. The molecular weight excluding hydrogens is 444 g/mol. The van der Waals surface area contributed by atoms with Crippen LogP contribution in [0.3, 0.4) is 0 Å². The second-order valence-electron chi connectivity index (χ2n) is 10.4. The SMILES string of the molecule is COC(CN(C)C(C)=O)CN1[C@@H]2CC[C@H]1CC(NC(=O)c1cc3ccccc3n(C(C)C)c1=O)C2. The van der Waals surface area contributed by atoms with E-state index in [1.165, 1.54) is 0 Å². The highest BCUT2D eigenvalue weighted by Gasteiger charge is 2.42. The molecule has 3 heterocycles. The number of rotatable bonds is 8. The van der Waals surface area contributed by atoms with Crippen LogP contribution in [0.5, 0.6) is 0 Å². The first-order valence-corrected chi connectivity index (χ1v) is 12.6. The number of para-hydroxylation sites is 1. The second-order valence-corrected chi connectivity index (χ2v) is 10.4. The predicted molar refractivity (Wildman–Crippen MR) is 137 cm³/mol. The molecule has 2 aliphatic rings. The first kappa shape index (κ1) is 25.4. The van der Waals surface area contributed by atoms with Gasteiger partial charge in [0.1, 0.15) is 5.56 Å². The zero-order chi connectivity index (χ0) is 25.3. The van der Waals surface area contributed by atoms with E-state index in [4.69, 9.17) is 4.74 Å². The number of carbonyl (C=O) groups excluding carboxylic acids is 2. The minimum atomic E-state index is -0.286. The molecule has 2 bridgehead atoms. The van der Waals surface area contributed by atoms with Gasteiger partial charge in [0.2, 0.25) is 5.91 Å². The zero-order valence-corrected chi connectivity index (χ0v) is 21.5. The van der Waals surface area contributed by atoms with E-state index in [2.05, 4.69) is 10.2 Å². The Kier molecular flexibility index (Phi) is 7.62. The summed E-state index contributed by atoms with van der Waals surface area (Å²) in [5.74, 6) is -0.257. The van der Waals surface area contributed by atoms with Crippen LogP contribution < -0.4 is 10.9 Å². The number of amides is 2. The molecule has 190 valence electrons. The number of benzene rings is 1. The molecule has 2 aromatic rings. The number of pyridine rings is 1. The third-order valence-electron chi connectivity index (χ3n) is 7.69. The van der Waals surface area contributed by atoms with Crippen molar-refractivity contribution in [3.8, 4) is 0 Å². The van der Waals surface area contributed by atoms with Crippen LogP contribution >= 0.6 is 0 Å². The molecule has 2 aliphatic heterocycles. The Hall–Kier alpha value is -2.71. The Balaban J connectivity index is 1.46. The number of methoxy groups -OCH3 is 1. The molecule has 0 saturated carbocycles. The van der Waals surface area contributed by atoms with E-state index in [9.17, 15) is 14.4 Å². The fourth-order valence-electron chi connectivity index (χ4n) is 5.79. The average Bonchev–Trinajstić information content (AvgIpc) is 3.04. The van der Waals surface area contributed by atoms with Gasteiger partial charge in [0.05, 0.1) is 11.6 Å². The van der Waals surface area contributed by atoms with E-state index in [-0.39, 0.29) is 41.1 Å². The van der Waals surface area contributed by atoms with Crippen molar-refractivity contribution in [1.82, 2.24) is 19.7 Å². The molecule has 8 heteroatoms. The van der Waals surface area contributed by atoms with Crippen LogP contribution in [0.4, 0.5) is 0 Å². The predicted octanol–water partition coefficient (Wildman–Crippen LogP) is 2.80. The maximum absolute atomic E-state index is 13.3. The van der Waals surface area contributed by atoms with Gasteiger partial charge in [-0.05, 0) is 57.0 Å². The summed E-state index contributed by atoms with van der Waals surface area (Å²) < 4.78 is 7.39. The molecule has 1 aromatic carbocycles. The monoisotopic (exact) mass is 482 g/mol. The second kappa shape index (κ2) is 10.5. The van der Waals surface area contributed by atoms with Crippen LogP contribution in [-0.4, -0.2) is 77.7 Å². The number of likely N-dealkylation sites (N-methyl/N-ethyl adjacent to an activating group) is 1. The van der Waals surface area contributed by atoms with Gasteiger partial charge in [0.25, 0.3) is 11.5 Å². The van der Waals surface area contributed by atoms with Crippen molar-refractivity contribution < 1.29 is 14.3 Å². The lowest BCUT2D eigenvalue weighted by atomic mass is 9.96. The Bertz CT molecular complexity index is 1130. The highest BCUT2D eigenvalue weighted by Crippen LogP contribution is 2.36. The van der Waals surface area contributed by atoms with Crippen LogP contribution in [0.15, 0.2) is 35.1 Å². The lowest BCUT2D eigenvalue weighted by Crippen LogP contribution is -2.53. The molecular formula is C27H38N4O4. The van der Waals surface area contributed by atoms with Gasteiger partial charge in [-0.3, -0.25) is 19.3 Å². The molecule has 2 saturated heterocycles. The summed E-state index contributed by atoms with van der Waals surface area (Å²) in [5, 5.41) is 4.07. The molecule has 8 nitrogen and oxygen atoms in total. The van der Waals surface area contributed by atoms with Crippen LogP contribution in [-0.2, 0) is 9.53 Å². The number of hydrogen-bond acceptors (Lipinski definition) is 5. The van der Waals surface area contributed by atoms with Crippen LogP contribution in [0.25, 0.3) is 10.9 Å². The number of nitrogens with one attached hydrogen (secondary N) is 1. The first-order chi connectivity index (χ1) is 16.7. The molecule has 2 amide bonds. The average molecular weight is 483 g/mol. The molecule has 4 atom stereocenters. The Labute approximate surface area is 207 Å². The third-order valence-corrected chi connectivity index (χ3v) is 7.69. The van der Waals surface area contributed by atoms with Crippen molar-refractivity contribution >= 4 is 22.7 Å². The van der Waals surface area contributed by atoms with Crippen LogP contribution in [0.2, 0.25) is 0 Å². The summed E-state index contributed by atoms with van der Waals surface area (Å²) in [6.45, 7) is 6.82. The van der Waals surface area contributed by atoms with E-state index in [1.54, 1.807) is 36.6 Å². The van der Waals surface area contributed by atoms with Gasteiger partial charge in [0, 0.05) is 58.3 Å². The van der Waals surface area contributed by atoms with E-state index >= 15 is 0 Å².